The molecule has 0 bridgehead atoms. The summed E-state index contributed by atoms with van der Waals surface area (Å²) in [7, 11) is 1.62. The van der Waals surface area contributed by atoms with Crippen molar-refractivity contribution in [2.45, 2.75) is 32.7 Å². The van der Waals surface area contributed by atoms with Crippen LogP contribution < -0.4 is 5.73 Å². The molecule has 0 rings (SSSR count). The lowest BCUT2D eigenvalue weighted by atomic mass is 10.2. The number of ether oxygens (including phenoxy) is 1. The van der Waals surface area contributed by atoms with Gasteiger partial charge in [-0.25, -0.2) is 0 Å². The maximum Gasteiger partial charge on any atom is 0.223 e. The Hall–Kier alpha value is -0.680. The van der Waals surface area contributed by atoms with E-state index < -0.39 is 0 Å². The molecule has 88 valence electrons. The molecule has 0 aromatic heterocycles. The average Bonchev–Trinajstić information content (AvgIpc) is 2.13. The molecule has 4 nitrogen and oxygen atoms in total. The molecule has 0 aromatic rings. The lowest BCUT2D eigenvalue weighted by Crippen LogP contribution is -2.42. The zero-order valence-electron chi connectivity index (χ0n) is 9.66. The summed E-state index contributed by atoms with van der Waals surface area (Å²) >= 11 is 4.80. The molecule has 0 saturated carbocycles. The number of rotatable bonds is 7. The summed E-state index contributed by atoms with van der Waals surface area (Å²) in [4.78, 5) is 13.8. The number of hydrogen-bond acceptors (Lipinski definition) is 3. The van der Waals surface area contributed by atoms with Crippen molar-refractivity contribution in [1.29, 1.82) is 0 Å². The van der Waals surface area contributed by atoms with Crippen molar-refractivity contribution >= 4 is 23.1 Å². The second-order valence-electron chi connectivity index (χ2n) is 3.68. The van der Waals surface area contributed by atoms with Crippen molar-refractivity contribution < 1.29 is 9.53 Å². The molecular formula is C10H20N2O2S. The van der Waals surface area contributed by atoms with Gasteiger partial charge in [0.05, 0.1) is 11.5 Å². The van der Waals surface area contributed by atoms with Gasteiger partial charge in [-0.1, -0.05) is 12.2 Å². The summed E-state index contributed by atoms with van der Waals surface area (Å²) in [6, 6.07) is 0.126. The summed E-state index contributed by atoms with van der Waals surface area (Å²) in [5.74, 6) is 0.0786. The van der Waals surface area contributed by atoms with Crippen LogP contribution in [0.2, 0.25) is 0 Å². The van der Waals surface area contributed by atoms with Crippen LogP contribution >= 0.6 is 12.2 Å². The molecule has 5 heteroatoms. The van der Waals surface area contributed by atoms with Crippen LogP contribution in [0.15, 0.2) is 0 Å². The minimum Gasteiger partial charge on any atom is -0.392 e. The van der Waals surface area contributed by atoms with Crippen LogP contribution in [0.25, 0.3) is 0 Å². The maximum atomic E-state index is 11.8. The molecule has 0 fully saturated rings. The van der Waals surface area contributed by atoms with Gasteiger partial charge in [0.1, 0.15) is 0 Å². The monoisotopic (exact) mass is 232 g/mol. The van der Waals surface area contributed by atoms with Crippen LogP contribution in [0.3, 0.4) is 0 Å². The Morgan fingerprint density at radius 1 is 1.53 bits per heavy atom. The second-order valence-corrected chi connectivity index (χ2v) is 4.20. The van der Waals surface area contributed by atoms with Gasteiger partial charge < -0.3 is 15.4 Å². The topological polar surface area (TPSA) is 55.6 Å². The van der Waals surface area contributed by atoms with E-state index in [0.29, 0.717) is 24.6 Å². The normalized spacial score (nSPS) is 10.4. The number of carbonyl (C=O) groups excluding carboxylic acids is 1. The lowest BCUT2D eigenvalue weighted by Gasteiger charge is -2.26. The highest BCUT2D eigenvalue weighted by atomic mass is 32.1. The van der Waals surface area contributed by atoms with E-state index in [9.17, 15) is 4.79 Å². The molecule has 0 spiro atoms. The number of nitrogens with zero attached hydrogens (tertiary/aromatic N) is 1. The van der Waals surface area contributed by atoms with Gasteiger partial charge in [-0.2, -0.15) is 0 Å². The molecule has 0 saturated heterocycles. The third kappa shape index (κ3) is 6.41. The first-order chi connectivity index (χ1) is 6.99. The van der Waals surface area contributed by atoms with Gasteiger partial charge in [-0.15, -0.1) is 0 Å². The van der Waals surface area contributed by atoms with Crippen LogP contribution in [0.5, 0.6) is 0 Å². The fourth-order valence-electron chi connectivity index (χ4n) is 1.24. The van der Waals surface area contributed by atoms with Crippen LogP contribution in [0.4, 0.5) is 0 Å². The number of hydrogen-bond donors (Lipinski definition) is 1. The number of methoxy groups -OCH3 is 1. The van der Waals surface area contributed by atoms with Crippen molar-refractivity contribution in [1.82, 2.24) is 4.90 Å². The quantitative estimate of drug-likeness (QED) is 0.524. The predicted octanol–water partition coefficient (Wildman–Crippen LogP) is 0.936. The average molecular weight is 232 g/mol. The van der Waals surface area contributed by atoms with Crippen LogP contribution in [-0.2, 0) is 9.53 Å². The standard InChI is InChI=1S/C10H20N2O2S/c1-8(2)12(7-9(11)15)10(13)5-4-6-14-3/h8H,4-7H2,1-3H3,(H2,11,15). The van der Waals surface area contributed by atoms with E-state index in [1.807, 2.05) is 13.8 Å². The summed E-state index contributed by atoms with van der Waals surface area (Å²) in [5, 5.41) is 0. The smallest absolute Gasteiger partial charge is 0.223 e. The second kappa shape index (κ2) is 7.59. The van der Waals surface area contributed by atoms with Crippen LogP contribution in [0.1, 0.15) is 26.7 Å². The van der Waals surface area contributed by atoms with Crippen molar-refractivity contribution in [3.63, 3.8) is 0 Å². The van der Waals surface area contributed by atoms with Gasteiger partial charge in [0.25, 0.3) is 0 Å². The largest absolute Gasteiger partial charge is 0.392 e. The van der Waals surface area contributed by atoms with E-state index in [1.54, 1.807) is 12.0 Å². The van der Waals surface area contributed by atoms with Crippen molar-refractivity contribution in [3.8, 4) is 0 Å². The Morgan fingerprint density at radius 3 is 2.53 bits per heavy atom. The molecule has 0 aliphatic carbocycles. The SMILES string of the molecule is COCCCC(=O)N(CC(N)=S)C(C)C. The van der Waals surface area contributed by atoms with Crippen molar-refractivity contribution in [3.05, 3.63) is 0 Å². The lowest BCUT2D eigenvalue weighted by molar-refractivity contribution is -0.132. The Morgan fingerprint density at radius 2 is 2.13 bits per heavy atom. The number of amides is 1. The Kier molecular flexibility index (Phi) is 7.25. The Bertz CT molecular complexity index is 219. The first-order valence-corrected chi connectivity index (χ1v) is 5.46. The molecule has 0 radical (unpaired) electrons. The molecule has 0 heterocycles. The van der Waals surface area contributed by atoms with E-state index in [2.05, 4.69) is 0 Å². The van der Waals surface area contributed by atoms with E-state index in [-0.39, 0.29) is 11.9 Å². The number of thiocarbonyl (C=S) groups is 1. The zero-order valence-corrected chi connectivity index (χ0v) is 10.5. The molecule has 1 amide bonds. The van der Waals surface area contributed by atoms with E-state index in [1.165, 1.54) is 0 Å². The number of nitrogens with two attached hydrogens (primary N) is 1. The highest BCUT2D eigenvalue weighted by molar-refractivity contribution is 7.80. The van der Waals surface area contributed by atoms with Crippen LogP contribution in [0, 0.1) is 0 Å². The van der Waals surface area contributed by atoms with E-state index in [4.69, 9.17) is 22.7 Å². The van der Waals surface area contributed by atoms with Crippen LogP contribution in [-0.4, -0.2) is 42.1 Å². The molecule has 15 heavy (non-hydrogen) atoms. The minimum absolute atomic E-state index is 0.0786. The minimum atomic E-state index is 0.0786. The van der Waals surface area contributed by atoms with Crippen molar-refractivity contribution in [2.24, 2.45) is 5.73 Å². The van der Waals surface area contributed by atoms with Gasteiger partial charge in [0.2, 0.25) is 5.91 Å². The summed E-state index contributed by atoms with van der Waals surface area (Å²) in [6.45, 7) is 4.86. The predicted molar refractivity (Wildman–Crippen MR) is 64.7 cm³/mol. The maximum absolute atomic E-state index is 11.8. The third-order valence-electron chi connectivity index (χ3n) is 2.01. The summed E-state index contributed by atoms with van der Waals surface area (Å²) < 4.78 is 4.89. The Labute approximate surface area is 96.8 Å². The van der Waals surface area contributed by atoms with Gasteiger partial charge in [-0.05, 0) is 20.3 Å². The fourth-order valence-corrected chi connectivity index (χ4v) is 1.38. The van der Waals surface area contributed by atoms with E-state index in [0.717, 1.165) is 6.42 Å². The van der Waals surface area contributed by atoms with Gasteiger partial charge in [-0.3, -0.25) is 4.79 Å². The van der Waals surface area contributed by atoms with Gasteiger partial charge in [0.15, 0.2) is 0 Å². The first kappa shape index (κ1) is 14.3. The molecular weight excluding hydrogens is 212 g/mol. The van der Waals surface area contributed by atoms with Gasteiger partial charge >= 0.3 is 0 Å². The molecule has 0 aliphatic rings. The molecule has 0 aliphatic heterocycles. The fraction of sp³-hybridized carbons (Fsp3) is 0.800. The summed E-state index contributed by atoms with van der Waals surface area (Å²) in [5.41, 5.74) is 5.44. The van der Waals surface area contributed by atoms with Crippen molar-refractivity contribution in [2.75, 3.05) is 20.3 Å². The molecule has 0 unspecified atom stereocenters. The summed E-state index contributed by atoms with van der Waals surface area (Å²) in [6.07, 6.45) is 1.21. The highest BCUT2D eigenvalue weighted by Crippen LogP contribution is 2.03. The van der Waals surface area contributed by atoms with Gasteiger partial charge in [0, 0.05) is 26.2 Å². The third-order valence-corrected chi connectivity index (χ3v) is 2.14. The Balaban J connectivity index is 4.11. The highest BCUT2D eigenvalue weighted by Gasteiger charge is 2.16. The zero-order chi connectivity index (χ0) is 11.8. The molecule has 0 aromatic carbocycles. The molecule has 2 N–H and O–H groups in total. The van der Waals surface area contributed by atoms with E-state index >= 15 is 0 Å². The first-order valence-electron chi connectivity index (χ1n) is 5.05. The molecule has 0 atom stereocenters. The number of carbonyl (C=O) groups is 1.